The van der Waals surface area contributed by atoms with Crippen molar-refractivity contribution in [3.63, 3.8) is 0 Å². The molecule has 0 bridgehead atoms. The molecule has 1 aliphatic heterocycles. The fraction of sp³-hybridized carbons (Fsp3) is 0.263. The molecule has 0 aliphatic carbocycles. The number of benzene rings is 2. The molecule has 0 aromatic heterocycles. The number of halogens is 4. The number of aryl methyl sites for hydroxylation is 1. The predicted molar refractivity (Wildman–Crippen MR) is 96.9 cm³/mol. The Labute approximate surface area is 168 Å². The maximum absolute atomic E-state index is 13.0. The van der Waals surface area contributed by atoms with Gasteiger partial charge in [-0.25, -0.2) is 0 Å². The summed E-state index contributed by atoms with van der Waals surface area (Å²) in [6.07, 6.45) is -4.37. The smallest absolute Gasteiger partial charge is 0.418 e. The molecule has 1 heterocycles. The second kappa shape index (κ2) is 8.60. The lowest BCUT2D eigenvalue weighted by Gasteiger charge is -2.14. The first-order chi connectivity index (χ1) is 13.7. The van der Waals surface area contributed by atoms with E-state index >= 15 is 0 Å². The minimum absolute atomic E-state index is 0.0122. The van der Waals surface area contributed by atoms with Gasteiger partial charge in [0.2, 0.25) is 6.79 Å². The average Bonchev–Trinajstić information content (AvgIpc) is 3.13. The minimum atomic E-state index is -4.70. The number of hydrogen-bond donors (Lipinski definition) is 1. The molecule has 29 heavy (non-hydrogen) atoms. The van der Waals surface area contributed by atoms with E-state index in [4.69, 9.17) is 25.8 Å². The summed E-state index contributed by atoms with van der Waals surface area (Å²) < 4.78 is 54.3. The zero-order valence-corrected chi connectivity index (χ0v) is 15.6. The summed E-state index contributed by atoms with van der Waals surface area (Å²) in [6.45, 7) is -0.570. The number of alkyl halides is 3. The van der Waals surface area contributed by atoms with Gasteiger partial charge in [0.15, 0.2) is 18.1 Å². The molecule has 10 heteroatoms. The van der Waals surface area contributed by atoms with Crippen molar-refractivity contribution in [2.24, 2.45) is 0 Å². The zero-order chi connectivity index (χ0) is 21.0. The minimum Gasteiger partial charge on any atom is -0.456 e. The Morgan fingerprint density at radius 3 is 2.62 bits per heavy atom. The SMILES string of the molecule is O=C(COC(=O)CCc1ccc2c(c1)OCO2)Nc1ccc(Cl)cc1C(F)(F)F. The molecule has 3 rings (SSSR count). The van der Waals surface area contributed by atoms with Crippen LogP contribution in [0.25, 0.3) is 0 Å². The highest BCUT2D eigenvalue weighted by Crippen LogP contribution is 2.36. The predicted octanol–water partition coefficient (Wildman–Crippen LogP) is 4.20. The van der Waals surface area contributed by atoms with Crippen LogP contribution in [0.15, 0.2) is 36.4 Å². The van der Waals surface area contributed by atoms with Gasteiger partial charge < -0.3 is 19.5 Å². The largest absolute Gasteiger partial charge is 0.456 e. The number of ether oxygens (including phenoxy) is 3. The Kier molecular flexibility index (Phi) is 6.17. The summed E-state index contributed by atoms with van der Waals surface area (Å²) in [5.74, 6) is -0.355. The Morgan fingerprint density at radius 2 is 1.86 bits per heavy atom. The van der Waals surface area contributed by atoms with E-state index in [0.29, 0.717) is 24.0 Å². The number of fused-ring (bicyclic) bond motifs is 1. The van der Waals surface area contributed by atoms with E-state index in [9.17, 15) is 22.8 Å². The van der Waals surface area contributed by atoms with Gasteiger partial charge in [0, 0.05) is 11.4 Å². The molecule has 1 aliphatic rings. The van der Waals surface area contributed by atoms with E-state index < -0.39 is 35.9 Å². The molecule has 154 valence electrons. The molecule has 0 spiro atoms. The highest BCUT2D eigenvalue weighted by molar-refractivity contribution is 6.30. The van der Waals surface area contributed by atoms with Gasteiger partial charge in [-0.3, -0.25) is 9.59 Å². The highest BCUT2D eigenvalue weighted by Gasteiger charge is 2.34. The monoisotopic (exact) mass is 429 g/mol. The van der Waals surface area contributed by atoms with Crippen LogP contribution in [0.4, 0.5) is 18.9 Å². The summed E-state index contributed by atoms with van der Waals surface area (Å²) in [4.78, 5) is 23.7. The fourth-order valence-electron chi connectivity index (χ4n) is 2.61. The van der Waals surface area contributed by atoms with Crippen LogP contribution in [0.2, 0.25) is 5.02 Å². The van der Waals surface area contributed by atoms with E-state index in [2.05, 4.69) is 5.32 Å². The molecule has 1 amide bonds. The second-order valence-electron chi connectivity index (χ2n) is 6.08. The third-order valence-corrected chi connectivity index (χ3v) is 4.22. The number of rotatable bonds is 6. The van der Waals surface area contributed by atoms with Crippen molar-refractivity contribution in [2.45, 2.75) is 19.0 Å². The topological polar surface area (TPSA) is 73.9 Å². The maximum atomic E-state index is 13.0. The van der Waals surface area contributed by atoms with Crippen LogP contribution >= 0.6 is 11.6 Å². The second-order valence-corrected chi connectivity index (χ2v) is 6.52. The zero-order valence-electron chi connectivity index (χ0n) is 14.8. The molecule has 0 saturated carbocycles. The van der Waals surface area contributed by atoms with Crippen molar-refractivity contribution in [1.29, 1.82) is 0 Å². The molecule has 0 fully saturated rings. The number of anilines is 1. The van der Waals surface area contributed by atoms with Gasteiger partial charge in [-0.2, -0.15) is 13.2 Å². The van der Waals surface area contributed by atoms with Crippen LogP contribution in [-0.2, 0) is 26.9 Å². The third kappa shape index (κ3) is 5.54. The van der Waals surface area contributed by atoms with E-state index in [1.807, 2.05) is 0 Å². The average molecular weight is 430 g/mol. The summed E-state index contributed by atoms with van der Waals surface area (Å²) >= 11 is 5.58. The van der Waals surface area contributed by atoms with Crippen LogP contribution in [0.3, 0.4) is 0 Å². The summed E-state index contributed by atoms with van der Waals surface area (Å²) in [6, 6.07) is 8.18. The summed E-state index contributed by atoms with van der Waals surface area (Å²) in [7, 11) is 0. The first kappa shape index (κ1) is 20.8. The third-order valence-electron chi connectivity index (χ3n) is 3.98. The normalized spacial score (nSPS) is 12.6. The van der Waals surface area contributed by atoms with Gasteiger partial charge in [0.25, 0.3) is 5.91 Å². The first-order valence-corrected chi connectivity index (χ1v) is 8.81. The molecular formula is C19H15ClF3NO5. The van der Waals surface area contributed by atoms with Gasteiger partial charge in [-0.15, -0.1) is 0 Å². The van der Waals surface area contributed by atoms with Crippen molar-refractivity contribution in [1.82, 2.24) is 0 Å². The number of carbonyl (C=O) groups excluding carboxylic acids is 2. The molecule has 0 atom stereocenters. The summed E-state index contributed by atoms with van der Waals surface area (Å²) in [5, 5.41) is 1.96. The lowest BCUT2D eigenvalue weighted by Crippen LogP contribution is -2.22. The molecule has 2 aromatic rings. The van der Waals surface area contributed by atoms with Crippen LogP contribution in [0.1, 0.15) is 17.5 Å². The lowest BCUT2D eigenvalue weighted by atomic mass is 10.1. The first-order valence-electron chi connectivity index (χ1n) is 8.43. The standard InChI is InChI=1S/C19H15ClF3NO5/c20-12-3-4-14(13(8-12)19(21,22)23)24-17(25)9-27-18(26)6-2-11-1-5-15-16(7-11)29-10-28-15/h1,3-5,7-8H,2,6,9-10H2,(H,24,25). The van der Waals surface area contributed by atoms with Gasteiger partial charge in [0.1, 0.15) is 0 Å². The van der Waals surface area contributed by atoms with Gasteiger partial charge in [-0.05, 0) is 42.3 Å². The van der Waals surface area contributed by atoms with Crippen LogP contribution in [-0.4, -0.2) is 25.3 Å². The van der Waals surface area contributed by atoms with E-state index in [1.165, 1.54) is 6.07 Å². The Hall–Kier alpha value is -2.94. The molecule has 1 N–H and O–H groups in total. The molecule has 0 radical (unpaired) electrons. The van der Waals surface area contributed by atoms with Crippen LogP contribution in [0.5, 0.6) is 11.5 Å². The van der Waals surface area contributed by atoms with Crippen molar-refractivity contribution in [3.05, 3.63) is 52.5 Å². The summed E-state index contributed by atoms with van der Waals surface area (Å²) in [5.41, 5.74) is -0.748. The fourth-order valence-corrected chi connectivity index (χ4v) is 2.78. The molecule has 2 aromatic carbocycles. The molecular weight excluding hydrogens is 415 g/mol. The van der Waals surface area contributed by atoms with Crippen LogP contribution < -0.4 is 14.8 Å². The molecule has 0 saturated heterocycles. The highest BCUT2D eigenvalue weighted by atomic mass is 35.5. The number of esters is 1. The van der Waals surface area contributed by atoms with Gasteiger partial charge in [-0.1, -0.05) is 17.7 Å². The van der Waals surface area contributed by atoms with Crippen molar-refractivity contribution in [2.75, 3.05) is 18.7 Å². The van der Waals surface area contributed by atoms with Gasteiger partial charge >= 0.3 is 12.1 Å². The van der Waals surface area contributed by atoms with Crippen molar-refractivity contribution < 1.29 is 37.0 Å². The Balaban J connectivity index is 1.49. The quantitative estimate of drug-likeness (QED) is 0.697. The number of carbonyl (C=O) groups is 2. The van der Waals surface area contributed by atoms with Crippen molar-refractivity contribution in [3.8, 4) is 11.5 Å². The molecule has 6 nitrogen and oxygen atoms in total. The Bertz CT molecular complexity index is 933. The van der Waals surface area contributed by atoms with E-state index in [-0.39, 0.29) is 18.2 Å². The van der Waals surface area contributed by atoms with E-state index in [0.717, 1.165) is 11.6 Å². The number of nitrogens with one attached hydrogen (secondary N) is 1. The van der Waals surface area contributed by atoms with Crippen LogP contribution in [0, 0.1) is 0 Å². The number of hydrogen-bond acceptors (Lipinski definition) is 5. The number of amides is 1. The molecule has 0 unspecified atom stereocenters. The van der Waals surface area contributed by atoms with Crippen molar-refractivity contribution >= 4 is 29.2 Å². The maximum Gasteiger partial charge on any atom is 0.418 e. The van der Waals surface area contributed by atoms with Gasteiger partial charge in [0.05, 0.1) is 11.3 Å². The Morgan fingerprint density at radius 1 is 1.10 bits per heavy atom. The lowest BCUT2D eigenvalue weighted by molar-refractivity contribution is -0.147. The van der Waals surface area contributed by atoms with E-state index in [1.54, 1.807) is 18.2 Å².